The highest BCUT2D eigenvalue weighted by molar-refractivity contribution is 7.47. The van der Waals surface area contributed by atoms with Crippen LogP contribution in [0.5, 0.6) is 0 Å². The molecular formula is C70H136O17P2. The van der Waals surface area contributed by atoms with E-state index >= 15 is 0 Å². The van der Waals surface area contributed by atoms with E-state index < -0.39 is 97.5 Å². The molecule has 89 heavy (non-hydrogen) atoms. The lowest BCUT2D eigenvalue weighted by Gasteiger charge is -2.21. The Hall–Kier alpha value is -1.94. The highest BCUT2D eigenvalue weighted by Gasteiger charge is 2.30. The quantitative estimate of drug-likeness (QED) is 0.0222. The van der Waals surface area contributed by atoms with E-state index in [1.54, 1.807) is 0 Å². The molecule has 528 valence electrons. The Morgan fingerprint density at radius 1 is 0.303 bits per heavy atom. The molecule has 0 saturated carbocycles. The van der Waals surface area contributed by atoms with Gasteiger partial charge in [-0.05, 0) is 43.4 Å². The van der Waals surface area contributed by atoms with Crippen molar-refractivity contribution in [3.05, 3.63) is 0 Å². The smallest absolute Gasteiger partial charge is 0.462 e. The van der Waals surface area contributed by atoms with E-state index in [0.717, 1.165) is 108 Å². The molecule has 0 rings (SSSR count). The third-order valence-electron chi connectivity index (χ3n) is 16.1. The van der Waals surface area contributed by atoms with Crippen molar-refractivity contribution in [1.29, 1.82) is 0 Å². The van der Waals surface area contributed by atoms with Crippen LogP contribution in [0.4, 0.5) is 0 Å². The Kier molecular flexibility index (Phi) is 59.6. The first-order chi connectivity index (χ1) is 42.7. The molecule has 0 bridgehead atoms. The van der Waals surface area contributed by atoms with E-state index in [0.29, 0.717) is 25.7 Å². The van der Waals surface area contributed by atoms with E-state index in [1.807, 2.05) is 0 Å². The largest absolute Gasteiger partial charge is 0.472 e. The van der Waals surface area contributed by atoms with Gasteiger partial charge in [-0.3, -0.25) is 37.3 Å². The zero-order valence-electron chi connectivity index (χ0n) is 57.9. The molecule has 0 spiro atoms. The molecule has 19 heteroatoms. The Morgan fingerprint density at radius 3 is 0.764 bits per heavy atom. The maximum Gasteiger partial charge on any atom is 0.472 e. The van der Waals surface area contributed by atoms with Gasteiger partial charge < -0.3 is 33.8 Å². The maximum atomic E-state index is 13.0. The minimum atomic E-state index is -4.95. The van der Waals surface area contributed by atoms with Crippen molar-refractivity contribution in [1.82, 2.24) is 0 Å². The number of hydrogen-bond donors (Lipinski definition) is 3. The summed E-state index contributed by atoms with van der Waals surface area (Å²) in [5.74, 6) is 0.146. The van der Waals surface area contributed by atoms with E-state index in [4.69, 9.17) is 37.0 Å². The Labute approximate surface area is 543 Å². The van der Waals surface area contributed by atoms with E-state index in [9.17, 15) is 43.2 Å². The van der Waals surface area contributed by atoms with Crippen LogP contribution in [0.15, 0.2) is 0 Å². The summed E-state index contributed by atoms with van der Waals surface area (Å²) in [4.78, 5) is 72.5. The highest BCUT2D eigenvalue weighted by atomic mass is 31.2. The summed E-state index contributed by atoms with van der Waals surface area (Å²) in [6.45, 7) is 11.8. The first-order valence-corrected chi connectivity index (χ1v) is 39.3. The summed E-state index contributed by atoms with van der Waals surface area (Å²) in [7, 11) is -9.90. The molecule has 0 aromatic rings. The summed E-state index contributed by atoms with van der Waals surface area (Å²) in [6, 6.07) is 0. The number of aliphatic hydroxyl groups excluding tert-OH is 1. The van der Waals surface area contributed by atoms with Gasteiger partial charge in [-0.15, -0.1) is 0 Å². The predicted molar refractivity (Wildman–Crippen MR) is 358 cm³/mol. The summed E-state index contributed by atoms with van der Waals surface area (Å²) in [5.41, 5.74) is 0. The summed E-state index contributed by atoms with van der Waals surface area (Å²) in [5, 5.41) is 10.6. The minimum absolute atomic E-state index is 0.105. The van der Waals surface area contributed by atoms with Crippen LogP contribution in [-0.4, -0.2) is 96.7 Å². The third kappa shape index (κ3) is 64.6. The highest BCUT2D eigenvalue weighted by Crippen LogP contribution is 2.45. The van der Waals surface area contributed by atoms with Gasteiger partial charge in [0.2, 0.25) is 0 Å². The van der Waals surface area contributed by atoms with Crippen LogP contribution in [0, 0.1) is 17.8 Å². The van der Waals surface area contributed by atoms with Gasteiger partial charge >= 0.3 is 39.5 Å². The van der Waals surface area contributed by atoms with E-state index in [2.05, 4.69) is 48.5 Å². The van der Waals surface area contributed by atoms with Crippen molar-refractivity contribution in [2.45, 2.75) is 369 Å². The number of esters is 4. The number of rotatable bonds is 68. The fourth-order valence-electron chi connectivity index (χ4n) is 10.5. The molecular weight excluding hydrogens is 1170 g/mol. The Morgan fingerprint density at radius 2 is 0.517 bits per heavy atom. The number of hydrogen-bond acceptors (Lipinski definition) is 15. The molecule has 0 fully saturated rings. The van der Waals surface area contributed by atoms with Crippen LogP contribution >= 0.6 is 15.6 Å². The fraction of sp³-hybridized carbons (Fsp3) is 0.943. The van der Waals surface area contributed by atoms with Gasteiger partial charge in [-0.25, -0.2) is 9.13 Å². The molecule has 0 aliphatic heterocycles. The molecule has 2 unspecified atom stereocenters. The van der Waals surface area contributed by atoms with E-state index in [-0.39, 0.29) is 25.7 Å². The predicted octanol–water partition coefficient (Wildman–Crippen LogP) is 19.8. The number of unbranched alkanes of at least 4 members (excludes halogenated alkanes) is 36. The number of phosphoric acid groups is 2. The van der Waals surface area contributed by atoms with Crippen LogP contribution in [0.3, 0.4) is 0 Å². The summed E-state index contributed by atoms with van der Waals surface area (Å²) >= 11 is 0. The fourth-order valence-corrected chi connectivity index (χ4v) is 12.1. The van der Waals surface area contributed by atoms with Crippen molar-refractivity contribution in [2.75, 3.05) is 39.6 Å². The number of aliphatic hydroxyl groups is 1. The van der Waals surface area contributed by atoms with Crippen molar-refractivity contribution in [3.8, 4) is 0 Å². The first-order valence-electron chi connectivity index (χ1n) is 36.3. The Balaban J connectivity index is 5.25. The SMILES string of the molecule is CCCCCCCCCCCC(=O)OC[C@H](COP(=O)(O)OC[C@H](O)COP(=O)(O)OC[C@@H](COC(=O)CCCCCCCCCCCCCC(C)C)OC(=O)CCCCCCCCCCCCCC(C)C)OC(=O)CCCCCCCCCCCC(C)C. The van der Waals surface area contributed by atoms with Crippen LogP contribution in [0.1, 0.15) is 350 Å². The lowest BCUT2D eigenvalue weighted by Crippen LogP contribution is -2.30. The molecule has 0 aliphatic carbocycles. The summed E-state index contributed by atoms with van der Waals surface area (Å²) < 4.78 is 68.3. The topological polar surface area (TPSA) is 237 Å². The molecule has 0 saturated heterocycles. The van der Waals surface area contributed by atoms with Crippen molar-refractivity contribution in [3.63, 3.8) is 0 Å². The van der Waals surface area contributed by atoms with Crippen LogP contribution < -0.4 is 0 Å². The number of carbonyl (C=O) groups is 4. The van der Waals surface area contributed by atoms with Crippen molar-refractivity contribution < 1.29 is 80.2 Å². The normalized spacial score (nSPS) is 14.2. The second-order valence-electron chi connectivity index (χ2n) is 26.7. The standard InChI is InChI=1S/C70H136O17P2/c1-8-9-10-11-12-20-30-37-44-51-67(72)80-57-65(87-70(75)54-47-40-33-26-19-23-29-36-43-50-63(6)7)59-84-88(76,77)82-55-64(71)56-83-89(78,79)85-60-66(86-69(74)53-46-39-32-25-18-14-16-22-28-35-42-49-62(4)5)58-81-68(73)52-45-38-31-24-17-13-15-21-27-34-41-48-61(2)3/h61-66,71H,8-60H2,1-7H3,(H,76,77)(H,78,79)/t64-,65+,66+/m0/s1. The molecule has 5 atom stereocenters. The van der Waals surface area contributed by atoms with Gasteiger partial charge in [-0.2, -0.15) is 0 Å². The van der Waals surface area contributed by atoms with Crippen molar-refractivity contribution in [2.24, 2.45) is 17.8 Å². The first kappa shape index (κ1) is 87.1. The van der Waals surface area contributed by atoms with Gasteiger partial charge in [0.1, 0.15) is 19.3 Å². The molecule has 0 aromatic carbocycles. The number of ether oxygens (including phenoxy) is 4. The lowest BCUT2D eigenvalue weighted by molar-refractivity contribution is -0.161. The van der Waals surface area contributed by atoms with Crippen LogP contribution in [-0.2, 0) is 65.4 Å². The minimum Gasteiger partial charge on any atom is -0.462 e. The molecule has 17 nitrogen and oxygen atoms in total. The molecule has 0 radical (unpaired) electrons. The van der Waals surface area contributed by atoms with Gasteiger partial charge in [0.15, 0.2) is 12.2 Å². The lowest BCUT2D eigenvalue weighted by atomic mass is 10.0. The molecule has 0 heterocycles. The monoisotopic (exact) mass is 1310 g/mol. The van der Waals surface area contributed by atoms with Gasteiger partial charge in [0.05, 0.1) is 26.4 Å². The zero-order valence-corrected chi connectivity index (χ0v) is 59.7. The van der Waals surface area contributed by atoms with Crippen molar-refractivity contribution >= 4 is 39.5 Å². The van der Waals surface area contributed by atoms with Crippen LogP contribution in [0.25, 0.3) is 0 Å². The zero-order chi connectivity index (χ0) is 65.9. The van der Waals surface area contributed by atoms with Crippen LogP contribution in [0.2, 0.25) is 0 Å². The second-order valence-corrected chi connectivity index (χ2v) is 29.6. The second kappa shape index (κ2) is 61.0. The third-order valence-corrected chi connectivity index (χ3v) is 18.0. The maximum absolute atomic E-state index is 13.0. The average Bonchev–Trinajstić information content (AvgIpc) is 3.68. The van der Waals surface area contributed by atoms with E-state index in [1.165, 1.54) is 161 Å². The Bertz CT molecular complexity index is 1750. The summed E-state index contributed by atoms with van der Waals surface area (Å²) in [6.07, 6.45) is 44.4. The molecule has 0 amide bonds. The number of phosphoric ester groups is 2. The molecule has 3 N–H and O–H groups in total. The number of carbonyl (C=O) groups excluding carboxylic acids is 4. The molecule has 0 aromatic heterocycles. The van der Waals surface area contributed by atoms with Gasteiger partial charge in [-0.1, -0.05) is 299 Å². The van der Waals surface area contributed by atoms with Gasteiger partial charge in [0.25, 0.3) is 0 Å². The van der Waals surface area contributed by atoms with Gasteiger partial charge in [0, 0.05) is 25.7 Å². The molecule has 0 aliphatic rings. The average molecular weight is 1310 g/mol.